The minimum absolute atomic E-state index is 0.118. The molecule has 2 aromatic carbocycles. The van der Waals surface area contributed by atoms with E-state index < -0.39 is 0 Å². The van der Waals surface area contributed by atoms with Gasteiger partial charge in [-0.15, -0.1) is 0 Å². The Morgan fingerprint density at radius 3 is 2.37 bits per heavy atom. The third-order valence-electron chi connectivity index (χ3n) is 3.31. The Morgan fingerprint density at radius 2 is 1.74 bits per heavy atom. The number of rotatable bonds is 2. The molecule has 0 saturated carbocycles. The van der Waals surface area contributed by atoms with Gasteiger partial charge in [0.1, 0.15) is 5.82 Å². The summed E-state index contributed by atoms with van der Waals surface area (Å²) in [6.07, 6.45) is 0. The maximum Gasteiger partial charge on any atom is 0.131 e. The van der Waals surface area contributed by atoms with E-state index in [0.29, 0.717) is 10.6 Å². The lowest BCUT2D eigenvalue weighted by Crippen LogP contribution is -2.05. The topological polar surface area (TPSA) is 26.0 Å². The maximum atomic E-state index is 14.1. The molecule has 1 atom stereocenters. The molecule has 0 aliphatic carbocycles. The second-order valence-electron chi connectivity index (χ2n) is 4.94. The molecule has 1 nitrogen and oxygen atoms in total. The molecule has 2 rings (SSSR count). The minimum Gasteiger partial charge on any atom is -0.324 e. The number of hydrogen-bond acceptors (Lipinski definition) is 1. The summed E-state index contributed by atoms with van der Waals surface area (Å²) in [5.74, 6) is -0.241. The lowest BCUT2D eigenvalue weighted by Gasteiger charge is -2.13. The first kappa shape index (κ1) is 14.0. The molecular weight excluding hydrogens is 261 g/mol. The fourth-order valence-corrected chi connectivity index (χ4v) is 2.32. The first-order valence-corrected chi connectivity index (χ1v) is 6.60. The van der Waals surface area contributed by atoms with E-state index >= 15 is 0 Å². The van der Waals surface area contributed by atoms with Gasteiger partial charge in [0.05, 0.1) is 0 Å². The van der Waals surface area contributed by atoms with Crippen molar-refractivity contribution in [3.8, 4) is 11.1 Å². The van der Waals surface area contributed by atoms with Crippen LogP contribution in [0.15, 0.2) is 30.3 Å². The van der Waals surface area contributed by atoms with E-state index in [9.17, 15) is 4.39 Å². The van der Waals surface area contributed by atoms with Gasteiger partial charge in [0.2, 0.25) is 0 Å². The largest absolute Gasteiger partial charge is 0.324 e. The molecule has 100 valence electrons. The molecule has 0 radical (unpaired) electrons. The third kappa shape index (κ3) is 2.80. The van der Waals surface area contributed by atoms with Gasteiger partial charge in [-0.2, -0.15) is 0 Å². The van der Waals surface area contributed by atoms with Crippen LogP contribution in [0.1, 0.15) is 29.7 Å². The van der Waals surface area contributed by atoms with Crippen molar-refractivity contribution < 1.29 is 4.39 Å². The second kappa shape index (κ2) is 5.32. The van der Waals surface area contributed by atoms with Crippen LogP contribution in [-0.2, 0) is 0 Å². The van der Waals surface area contributed by atoms with E-state index in [2.05, 4.69) is 0 Å². The molecule has 0 bridgehead atoms. The Hall–Kier alpha value is -1.38. The van der Waals surface area contributed by atoms with E-state index in [1.807, 2.05) is 39.0 Å². The number of hydrogen-bond donors (Lipinski definition) is 1. The molecule has 0 aliphatic rings. The minimum atomic E-state index is -0.241. The lowest BCUT2D eigenvalue weighted by atomic mass is 9.95. The van der Waals surface area contributed by atoms with Gasteiger partial charge in [0, 0.05) is 16.6 Å². The third-order valence-corrected chi connectivity index (χ3v) is 3.72. The van der Waals surface area contributed by atoms with Crippen LogP contribution in [0, 0.1) is 19.7 Å². The van der Waals surface area contributed by atoms with Crippen molar-refractivity contribution in [2.24, 2.45) is 5.73 Å². The fraction of sp³-hybridized carbons (Fsp3) is 0.250. The van der Waals surface area contributed by atoms with E-state index in [1.165, 1.54) is 6.07 Å². The van der Waals surface area contributed by atoms with Crippen molar-refractivity contribution in [2.75, 3.05) is 0 Å². The molecule has 0 saturated heterocycles. The molecule has 0 spiro atoms. The van der Waals surface area contributed by atoms with Crippen molar-refractivity contribution in [3.05, 3.63) is 57.9 Å². The molecule has 0 amide bonds. The molecule has 1 unspecified atom stereocenters. The first-order chi connectivity index (χ1) is 8.90. The molecule has 0 heterocycles. The zero-order valence-corrected chi connectivity index (χ0v) is 12.1. The van der Waals surface area contributed by atoms with Gasteiger partial charge in [-0.25, -0.2) is 4.39 Å². The van der Waals surface area contributed by atoms with Gasteiger partial charge >= 0.3 is 0 Å². The van der Waals surface area contributed by atoms with Gasteiger partial charge in [0.25, 0.3) is 0 Å². The van der Waals surface area contributed by atoms with Crippen LogP contribution in [0.25, 0.3) is 11.1 Å². The zero-order chi connectivity index (χ0) is 14.2. The average molecular weight is 278 g/mol. The Labute approximate surface area is 118 Å². The van der Waals surface area contributed by atoms with Crippen molar-refractivity contribution in [1.29, 1.82) is 0 Å². The Kier molecular flexibility index (Phi) is 3.93. The summed E-state index contributed by atoms with van der Waals surface area (Å²) in [6, 6.07) is 8.67. The van der Waals surface area contributed by atoms with Crippen molar-refractivity contribution in [1.82, 2.24) is 0 Å². The van der Waals surface area contributed by atoms with Crippen LogP contribution >= 0.6 is 11.6 Å². The zero-order valence-electron chi connectivity index (χ0n) is 11.3. The summed E-state index contributed by atoms with van der Waals surface area (Å²) >= 11 is 6.08. The highest BCUT2D eigenvalue weighted by molar-refractivity contribution is 6.31. The number of benzene rings is 2. The van der Waals surface area contributed by atoms with Crippen LogP contribution < -0.4 is 5.73 Å². The molecule has 0 fully saturated rings. The van der Waals surface area contributed by atoms with E-state index in [1.54, 1.807) is 6.07 Å². The fourth-order valence-electron chi connectivity index (χ4n) is 2.10. The SMILES string of the molecule is Cc1cc(-c2cc(C(C)N)ccc2F)c(C)cc1Cl. The predicted molar refractivity (Wildman–Crippen MR) is 78.9 cm³/mol. The summed E-state index contributed by atoms with van der Waals surface area (Å²) < 4.78 is 14.1. The second-order valence-corrected chi connectivity index (χ2v) is 5.35. The molecule has 0 aliphatic heterocycles. The molecule has 2 aromatic rings. The first-order valence-electron chi connectivity index (χ1n) is 6.22. The molecule has 3 heteroatoms. The van der Waals surface area contributed by atoms with E-state index in [4.69, 9.17) is 17.3 Å². The number of aryl methyl sites for hydroxylation is 2. The molecular formula is C16H17ClFN. The summed E-state index contributed by atoms with van der Waals surface area (Å²) in [6.45, 7) is 5.73. The van der Waals surface area contributed by atoms with Crippen LogP contribution in [0.2, 0.25) is 5.02 Å². The maximum absolute atomic E-state index is 14.1. The van der Waals surface area contributed by atoms with Gasteiger partial charge < -0.3 is 5.73 Å². The molecule has 19 heavy (non-hydrogen) atoms. The Balaban J connectivity index is 2.64. The average Bonchev–Trinajstić information content (AvgIpc) is 2.34. The van der Waals surface area contributed by atoms with Gasteiger partial charge in [-0.3, -0.25) is 0 Å². The van der Waals surface area contributed by atoms with Crippen LogP contribution in [0.4, 0.5) is 4.39 Å². The number of nitrogens with two attached hydrogens (primary N) is 1. The Morgan fingerprint density at radius 1 is 1.05 bits per heavy atom. The van der Waals surface area contributed by atoms with Crippen molar-refractivity contribution in [3.63, 3.8) is 0 Å². The van der Waals surface area contributed by atoms with Crippen LogP contribution in [0.5, 0.6) is 0 Å². The van der Waals surface area contributed by atoms with Gasteiger partial charge in [-0.05, 0) is 67.3 Å². The van der Waals surface area contributed by atoms with E-state index in [-0.39, 0.29) is 11.9 Å². The monoisotopic (exact) mass is 277 g/mol. The summed E-state index contributed by atoms with van der Waals surface area (Å²) in [4.78, 5) is 0. The van der Waals surface area contributed by atoms with E-state index in [0.717, 1.165) is 22.3 Å². The van der Waals surface area contributed by atoms with Crippen molar-refractivity contribution in [2.45, 2.75) is 26.8 Å². The van der Waals surface area contributed by atoms with Crippen LogP contribution in [0.3, 0.4) is 0 Å². The predicted octanol–water partition coefficient (Wildman–Crippen LogP) is 4.78. The highest BCUT2D eigenvalue weighted by Crippen LogP contribution is 2.31. The van der Waals surface area contributed by atoms with Crippen LogP contribution in [-0.4, -0.2) is 0 Å². The molecule has 0 aromatic heterocycles. The standard InChI is InChI=1S/C16H17ClFN/c1-9-7-15(17)10(2)6-13(9)14-8-12(11(3)19)4-5-16(14)18/h4-8,11H,19H2,1-3H3. The Bertz CT molecular complexity index is 620. The highest BCUT2D eigenvalue weighted by atomic mass is 35.5. The number of halogens is 2. The smallest absolute Gasteiger partial charge is 0.131 e. The normalized spacial score (nSPS) is 12.5. The summed E-state index contributed by atoms with van der Waals surface area (Å²) in [7, 11) is 0. The van der Waals surface area contributed by atoms with Gasteiger partial charge in [0.15, 0.2) is 0 Å². The summed E-state index contributed by atoms with van der Waals surface area (Å²) in [5, 5.41) is 0.699. The highest BCUT2D eigenvalue weighted by Gasteiger charge is 2.12. The quantitative estimate of drug-likeness (QED) is 0.840. The molecule has 2 N–H and O–H groups in total. The van der Waals surface area contributed by atoms with Crippen molar-refractivity contribution >= 4 is 11.6 Å². The van der Waals surface area contributed by atoms with Gasteiger partial charge in [-0.1, -0.05) is 17.7 Å². The lowest BCUT2D eigenvalue weighted by molar-refractivity contribution is 0.629. The summed E-state index contributed by atoms with van der Waals surface area (Å²) in [5.41, 5.74) is 10.1.